The van der Waals surface area contributed by atoms with Gasteiger partial charge in [-0.2, -0.15) is 14.9 Å². The van der Waals surface area contributed by atoms with E-state index >= 15 is 0 Å². The molecule has 26 heavy (non-hydrogen) atoms. The number of nitrogens with one attached hydrogen (secondary N) is 1. The fraction of sp³-hybridized carbons (Fsp3) is 0.211. The number of rotatable bonds is 6. The first kappa shape index (κ1) is 18.5. The molecule has 3 rings (SSSR count). The van der Waals surface area contributed by atoms with Gasteiger partial charge in [-0.25, -0.2) is 0 Å². The number of hydrogen-bond acceptors (Lipinski definition) is 4. The molecule has 0 aliphatic rings. The van der Waals surface area contributed by atoms with E-state index in [0.29, 0.717) is 11.4 Å². The van der Waals surface area contributed by atoms with Gasteiger partial charge < -0.3 is 4.74 Å². The van der Waals surface area contributed by atoms with Crippen LogP contribution in [0, 0.1) is 4.77 Å². The first-order chi connectivity index (χ1) is 12.5. The van der Waals surface area contributed by atoms with Crippen molar-refractivity contribution in [3.05, 3.63) is 74.7 Å². The lowest BCUT2D eigenvalue weighted by molar-refractivity contribution is 0.306. The Balaban J connectivity index is 1.72. The second-order valence-corrected chi connectivity index (χ2v) is 7.39. The zero-order chi connectivity index (χ0) is 18.5. The Morgan fingerprint density at radius 3 is 2.77 bits per heavy atom. The number of aromatic amines is 1. The summed E-state index contributed by atoms with van der Waals surface area (Å²) in [5.74, 6) is 1.81. The predicted molar refractivity (Wildman–Crippen MR) is 109 cm³/mol. The molecule has 0 aliphatic carbocycles. The lowest BCUT2D eigenvalue weighted by atomic mass is 10.2. The van der Waals surface area contributed by atoms with E-state index < -0.39 is 0 Å². The minimum Gasteiger partial charge on any atom is -0.489 e. The molecule has 0 spiro atoms. The minimum atomic E-state index is 0.223. The first-order valence-electron chi connectivity index (χ1n) is 8.22. The van der Waals surface area contributed by atoms with Crippen molar-refractivity contribution < 1.29 is 4.74 Å². The van der Waals surface area contributed by atoms with Crippen LogP contribution in [-0.2, 0) is 6.61 Å². The van der Waals surface area contributed by atoms with Crippen molar-refractivity contribution in [3.8, 4) is 5.75 Å². The van der Waals surface area contributed by atoms with Gasteiger partial charge in [-0.15, -0.1) is 0 Å². The van der Waals surface area contributed by atoms with Crippen LogP contribution in [0.5, 0.6) is 5.75 Å². The standard InChI is InChI=1S/C19H19BrN4OS/c1-13(2)18-22-23-19(26)24(18)21-11-15-4-3-5-17(10-15)25-12-14-6-8-16(20)9-7-14/h3-11,13H,12H2,1-2H3,(H,23,26)/b21-11+. The van der Waals surface area contributed by atoms with E-state index in [1.54, 1.807) is 10.9 Å². The van der Waals surface area contributed by atoms with Crippen molar-refractivity contribution >= 4 is 34.4 Å². The number of ether oxygens (including phenoxy) is 1. The zero-order valence-corrected chi connectivity index (χ0v) is 16.9. The molecule has 0 bridgehead atoms. The van der Waals surface area contributed by atoms with Crippen molar-refractivity contribution in [1.82, 2.24) is 14.9 Å². The van der Waals surface area contributed by atoms with Gasteiger partial charge >= 0.3 is 0 Å². The van der Waals surface area contributed by atoms with Gasteiger partial charge in [0.2, 0.25) is 4.77 Å². The molecule has 1 aromatic heterocycles. The summed E-state index contributed by atoms with van der Waals surface area (Å²) in [7, 11) is 0. The highest BCUT2D eigenvalue weighted by Crippen LogP contribution is 2.16. The van der Waals surface area contributed by atoms with Gasteiger partial charge in [-0.1, -0.05) is 54.0 Å². The van der Waals surface area contributed by atoms with E-state index in [-0.39, 0.29) is 5.92 Å². The van der Waals surface area contributed by atoms with Crippen molar-refractivity contribution in [1.29, 1.82) is 0 Å². The van der Waals surface area contributed by atoms with Crippen LogP contribution in [0.1, 0.15) is 36.7 Å². The van der Waals surface area contributed by atoms with Crippen LogP contribution in [0.4, 0.5) is 0 Å². The lowest BCUT2D eigenvalue weighted by Gasteiger charge is -2.07. The Hall–Kier alpha value is -2.25. The summed E-state index contributed by atoms with van der Waals surface area (Å²) in [5, 5.41) is 11.5. The Morgan fingerprint density at radius 1 is 1.27 bits per heavy atom. The van der Waals surface area contributed by atoms with Crippen molar-refractivity contribution in [2.24, 2.45) is 5.10 Å². The molecule has 3 aromatic rings. The number of benzene rings is 2. The van der Waals surface area contributed by atoms with Gasteiger partial charge in [0.25, 0.3) is 0 Å². The molecule has 1 N–H and O–H groups in total. The average molecular weight is 431 g/mol. The second kappa shape index (κ2) is 8.42. The van der Waals surface area contributed by atoms with E-state index in [1.165, 1.54) is 0 Å². The maximum absolute atomic E-state index is 5.87. The molecule has 0 radical (unpaired) electrons. The summed E-state index contributed by atoms with van der Waals surface area (Å²) in [6.07, 6.45) is 1.75. The van der Waals surface area contributed by atoms with Gasteiger partial charge in [-0.3, -0.25) is 5.10 Å². The summed E-state index contributed by atoms with van der Waals surface area (Å²) in [6.45, 7) is 4.61. The smallest absolute Gasteiger partial charge is 0.216 e. The highest BCUT2D eigenvalue weighted by Gasteiger charge is 2.08. The summed E-state index contributed by atoms with van der Waals surface area (Å²) in [5.41, 5.74) is 2.04. The van der Waals surface area contributed by atoms with Gasteiger partial charge in [0.05, 0.1) is 6.21 Å². The molecule has 7 heteroatoms. The molecule has 1 heterocycles. The zero-order valence-electron chi connectivity index (χ0n) is 14.5. The second-order valence-electron chi connectivity index (χ2n) is 6.09. The molecule has 0 atom stereocenters. The summed E-state index contributed by atoms with van der Waals surface area (Å²) < 4.78 is 9.05. The van der Waals surface area contributed by atoms with Gasteiger partial charge in [0, 0.05) is 10.4 Å². The van der Waals surface area contributed by atoms with Crippen LogP contribution < -0.4 is 4.74 Å². The van der Waals surface area contributed by atoms with Crippen LogP contribution in [-0.4, -0.2) is 21.1 Å². The Bertz CT molecular complexity index is 960. The Morgan fingerprint density at radius 2 is 2.04 bits per heavy atom. The van der Waals surface area contributed by atoms with E-state index in [1.807, 2.05) is 62.4 Å². The fourth-order valence-corrected chi connectivity index (χ4v) is 2.80. The van der Waals surface area contributed by atoms with Gasteiger partial charge in [0.15, 0.2) is 5.82 Å². The monoisotopic (exact) mass is 430 g/mol. The average Bonchev–Trinajstić information content (AvgIpc) is 3.01. The maximum Gasteiger partial charge on any atom is 0.216 e. The molecule has 0 fully saturated rings. The normalized spacial score (nSPS) is 11.4. The molecule has 134 valence electrons. The van der Waals surface area contributed by atoms with E-state index in [9.17, 15) is 0 Å². The van der Waals surface area contributed by atoms with E-state index in [0.717, 1.165) is 27.2 Å². The van der Waals surface area contributed by atoms with Crippen LogP contribution in [0.15, 0.2) is 58.1 Å². The predicted octanol–water partition coefficient (Wildman–Crippen LogP) is 5.29. The van der Waals surface area contributed by atoms with E-state index in [4.69, 9.17) is 17.0 Å². The Kier molecular flexibility index (Phi) is 6.00. The molecule has 0 saturated carbocycles. The number of aromatic nitrogens is 3. The van der Waals surface area contributed by atoms with Gasteiger partial charge in [-0.05, 0) is 47.6 Å². The first-order valence-corrected chi connectivity index (χ1v) is 9.42. The SMILES string of the molecule is CC(C)c1n[nH]c(=S)n1/N=C/c1cccc(OCc2ccc(Br)cc2)c1. The van der Waals surface area contributed by atoms with Crippen molar-refractivity contribution in [2.45, 2.75) is 26.4 Å². The third-order valence-electron chi connectivity index (χ3n) is 3.69. The van der Waals surface area contributed by atoms with Crippen molar-refractivity contribution in [2.75, 3.05) is 0 Å². The third-order valence-corrected chi connectivity index (χ3v) is 4.48. The third kappa shape index (κ3) is 4.68. The topological polar surface area (TPSA) is 55.2 Å². The quantitative estimate of drug-likeness (QED) is 0.426. The molecule has 2 aromatic carbocycles. The summed E-state index contributed by atoms with van der Waals surface area (Å²) in [6, 6.07) is 15.9. The molecular weight excluding hydrogens is 412 g/mol. The molecule has 0 aliphatic heterocycles. The molecule has 5 nitrogen and oxygen atoms in total. The maximum atomic E-state index is 5.87. The van der Waals surface area contributed by atoms with E-state index in [2.05, 4.69) is 31.2 Å². The largest absolute Gasteiger partial charge is 0.489 e. The summed E-state index contributed by atoms with van der Waals surface area (Å²) in [4.78, 5) is 0. The minimum absolute atomic E-state index is 0.223. The highest BCUT2D eigenvalue weighted by atomic mass is 79.9. The molecule has 0 unspecified atom stereocenters. The van der Waals surface area contributed by atoms with Crippen LogP contribution in [0.3, 0.4) is 0 Å². The number of H-pyrrole nitrogens is 1. The molecular formula is C19H19BrN4OS. The number of hydrogen-bond donors (Lipinski definition) is 1. The molecule has 0 saturated heterocycles. The fourth-order valence-electron chi connectivity index (χ4n) is 2.35. The Labute approximate surface area is 165 Å². The highest BCUT2D eigenvalue weighted by molar-refractivity contribution is 9.10. The van der Waals surface area contributed by atoms with Crippen LogP contribution in [0.2, 0.25) is 0 Å². The lowest BCUT2D eigenvalue weighted by Crippen LogP contribution is -2.01. The van der Waals surface area contributed by atoms with Crippen LogP contribution >= 0.6 is 28.1 Å². The molecule has 0 amide bonds. The number of halogens is 1. The van der Waals surface area contributed by atoms with Crippen LogP contribution in [0.25, 0.3) is 0 Å². The van der Waals surface area contributed by atoms with Crippen molar-refractivity contribution in [3.63, 3.8) is 0 Å². The van der Waals surface area contributed by atoms with Gasteiger partial charge in [0.1, 0.15) is 12.4 Å². The summed E-state index contributed by atoms with van der Waals surface area (Å²) >= 11 is 8.67. The number of nitrogens with zero attached hydrogens (tertiary/aromatic N) is 3.